The van der Waals surface area contributed by atoms with Gasteiger partial charge in [-0.05, 0) is 19.8 Å². The van der Waals surface area contributed by atoms with Crippen LogP contribution in [0.15, 0.2) is 0 Å². The Morgan fingerprint density at radius 1 is 1.42 bits per heavy atom. The first-order valence-corrected chi connectivity index (χ1v) is 6.49. The highest BCUT2D eigenvalue weighted by atomic mass is 16.6. The van der Waals surface area contributed by atoms with E-state index in [1.807, 2.05) is 0 Å². The Labute approximate surface area is 111 Å². The van der Waals surface area contributed by atoms with E-state index >= 15 is 0 Å². The highest BCUT2D eigenvalue weighted by molar-refractivity contribution is 5.97. The Bertz CT molecular complexity index is 503. The summed E-state index contributed by atoms with van der Waals surface area (Å²) in [5.74, 6) is -0.401. The summed E-state index contributed by atoms with van der Waals surface area (Å²) in [6, 6.07) is 0.121. The van der Waals surface area contributed by atoms with Crippen LogP contribution in [0.3, 0.4) is 0 Å². The first-order chi connectivity index (χ1) is 9.00. The van der Waals surface area contributed by atoms with Crippen molar-refractivity contribution in [2.24, 2.45) is 7.05 Å². The summed E-state index contributed by atoms with van der Waals surface area (Å²) >= 11 is 0. The molecule has 0 aromatic carbocycles. The molecule has 7 nitrogen and oxygen atoms in total. The van der Waals surface area contributed by atoms with Crippen molar-refractivity contribution in [1.82, 2.24) is 15.1 Å². The molecule has 1 aromatic heterocycles. The van der Waals surface area contributed by atoms with Crippen molar-refractivity contribution < 1.29 is 9.72 Å². The smallest absolute Gasteiger partial charge is 0.322 e. The second-order valence-corrected chi connectivity index (χ2v) is 4.97. The lowest BCUT2D eigenvalue weighted by Crippen LogP contribution is -2.37. The van der Waals surface area contributed by atoms with Gasteiger partial charge in [-0.25, -0.2) is 0 Å². The van der Waals surface area contributed by atoms with Crippen LogP contribution in [-0.2, 0) is 7.05 Å². The van der Waals surface area contributed by atoms with Crippen LogP contribution in [0.4, 0.5) is 5.69 Å². The van der Waals surface area contributed by atoms with E-state index < -0.39 is 10.8 Å². The fourth-order valence-corrected chi connectivity index (χ4v) is 2.62. The third-order valence-electron chi connectivity index (χ3n) is 3.53. The summed E-state index contributed by atoms with van der Waals surface area (Å²) in [4.78, 5) is 22.7. The minimum absolute atomic E-state index is 0.0353. The number of hydrogen-bond donors (Lipinski definition) is 1. The van der Waals surface area contributed by atoms with Crippen LogP contribution in [-0.4, -0.2) is 26.7 Å². The molecule has 0 bridgehead atoms. The fraction of sp³-hybridized carbons (Fsp3) is 0.667. The van der Waals surface area contributed by atoms with Gasteiger partial charge in [-0.15, -0.1) is 0 Å². The molecular weight excluding hydrogens is 248 g/mol. The standard InChI is InChI=1S/C12H18N4O3/c1-8-10(16(18)19)11(15(2)14-8)12(17)13-9-6-4-3-5-7-9/h9H,3-7H2,1-2H3,(H,13,17). The molecule has 1 aliphatic carbocycles. The minimum atomic E-state index is -0.544. The highest BCUT2D eigenvalue weighted by Gasteiger charge is 2.30. The van der Waals surface area contributed by atoms with E-state index in [0.29, 0.717) is 0 Å². The average Bonchev–Trinajstić information content (AvgIpc) is 2.65. The third kappa shape index (κ3) is 2.74. The van der Waals surface area contributed by atoms with Gasteiger partial charge in [0.05, 0.1) is 4.92 Å². The summed E-state index contributed by atoms with van der Waals surface area (Å²) in [5, 5.41) is 17.9. The minimum Gasteiger partial charge on any atom is -0.348 e. The van der Waals surface area contributed by atoms with Gasteiger partial charge in [0.1, 0.15) is 5.69 Å². The van der Waals surface area contributed by atoms with Crippen LogP contribution in [0.25, 0.3) is 0 Å². The third-order valence-corrected chi connectivity index (χ3v) is 3.53. The Morgan fingerprint density at radius 3 is 2.63 bits per heavy atom. The molecule has 0 unspecified atom stereocenters. The molecule has 0 atom stereocenters. The van der Waals surface area contributed by atoms with Gasteiger partial charge >= 0.3 is 5.69 Å². The van der Waals surface area contributed by atoms with Gasteiger partial charge in [-0.2, -0.15) is 5.10 Å². The van der Waals surface area contributed by atoms with Crippen LogP contribution in [0.5, 0.6) is 0 Å². The molecule has 0 spiro atoms. The molecule has 0 aliphatic heterocycles. The van der Waals surface area contributed by atoms with Crippen molar-refractivity contribution in [3.8, 4) is 0 Å². The van der Waals surface area contributed by atoms with E-state index in [4.69, 9.17) is 0 Å². The zero-order valence-corrected chi connectivity index (χ0v) is 11.2. The zero-order valence-electron chi connectivity index (χ0n) is 11.2. The van der Waals surface area contributed by atoms with E-state index in [2.05, 4.69) is 10.4 Å². The van der Waals surface area contributed by atoms with E-state index in [1.165, 1.54) is 18.0 Å². The van der Waals surface area contributed by atoms with Crippen LogP contribution in [0, 0.1) is 17.0 Å². The largest absolute Gasteiger partial charge is 0.348 e. The molecule has 1 N–H and O–H groups in total. The number of carbonyl (C=O) groups excluding carboxylic acids is 1. The van der Waals surface area contributed by atoms with Gasteiger partial charge in [0.15, 0.2) is 0 Å². The fourth-order valence-electron chi connectivity index (χ4n) is 2.62. The maximum Gasteiger partial charge on any atom is 0.322 e. The van der Waals surface area contributed by atoms with E-state index in [9.17, 15) is 14.9 Å². The Balaban J connectivity index is 2.20. The van der Waals surface area contributed by atoms with Gasteiger partial charge in [0, 0.05) is 13.1 Å². The number of nitrogens with zero attached hydrogens (tertiary/aromatic N) is 3. The van der Waals surface area contributed by atoms with Crippen molar-refractivity contribution >= 4 is 11.6 Å². The van der Waals surface area contributed by atoms with Crippen LogP contribution in [0.2, 0.25) is 0 Å². The molecule has 1 amide bonds. The average molecular weight is 266 g/mol. The zero-order chi connectivity index (χ0) is 14.0. The Hall–Kier alpha value is -1.92. The maximum absolute atomic E-state index is 12.2. The second-order valence-electron chi connectivity index (χ2n) is 4.97. The first-order valence-electron chi connectivity index (χ1n) is 6.49. The van der Waals surface area contributed by atoms with Crippen LogP contribution in [0.1, 0.15) is 48.3 Å². The van der Waals surface area contributed by atoms with E-state index in [1.54, 1.807) is 7.05 Å². The SMILES string of the molecule is Cc1nn(C)c(C(=O)NC2CCCCC2)c1[N+](=O)[O-]. The molecule has 0 radical (unpaired) electrons. The summed E-state index contributed by atoms with van der Waals surface area (Å²) in [6.45, 7) is 1.54. The molecular formula is C12H18N4O3. The number of aryl methyl sites for hydroxylation is 2. The summed E-state index contributed by atoms with van der Waals surface area (Å²) in [7, 11) is 1.55. The monoisotopic (exact) mass is 266 g/mol. The molecule has 1 heterocycles. The quantitative estimate of drug-likeness (QED) is 0.666. The number of nitro groups is 1. The molecule has 0 saturated heterocycles. The normalized spacial score (nSPS) is 16.3. The van der Waals surface area contributed by atoms with E-state index in [-0.39, 0.29) is 23.1 Å². The predicted octanol–water partition coefficient (Wildman–Crippen LogP) is 1.70. The van der Waals surface area contributed by atoms with Gasteiger partial charge in [-0.3, -0.25) is 19.6 Å². The summed E-state index contributed by atoms with van der Waals surface area (Å²) in [6.07, 6.45) is 5.26. The second kappa shape index (κ2) is 5.38. The number of rotatable bonds is 3. The highest BCUT2D eigenvalue weighted by Crippen LogP contribution is 2.23. The van der Waals surface area contributed by atoms with Crippen LogP contribution >= 0.6 is 0 Å². The molecule has 7 heteroatoms. The van der Waals surface area contributed by atoms with Crippen molar-refractivity contribution in [1.29, 1.82) is 0 Å². The van der Waals surface area contributed by atoms with Crippen molar-refractivity contribution in [2.75, 3.05) is 0 Å². The maximum atomic E-state index is 12.2. The Morgan fingerprint density at radius 2 is 2.05 bits per heavy atom. The lowest BCUT2D eigenvalue weighted by Gasteiger charge is -2.22. The summed E-state index contributed by atoms with van der Waals surface area (Å²) in [5.41, 5.74) is 0.102. The molecule has 19 heavy (non-hydrogen) atoms. The predicted molar refractivity (Wildman–Crippen MR) is 68.9 cm³/mol. The topological polar surface area (TPSA) is 90.1 Å². The molecule has 2 rings (SSSR count). The van der Waals surface area contributed by atoms with E-state index in [0.717, 1.165) is 25.7 Å². The molecule has 1 aromatic rings. The molecule has 1 fully saturated rings. The Kier molecular flexibility index (Phi) is 3.82. The number of hydrogen-bond acceptors (Lipinski definition) is 4. The van der Waals surface area contributed by atoms with Crippen molar-refractivity contribution in [3.63, 3.8) is 0 Å². The summed E-state index contributed by atoms with van der Waals surface area (Å²) < 4.78 is 1.28. The van der Waals surface area contributed by atoms with Gasteiger partial charge in [0.25, 0.3) is 5.91 Å². The van der Waals surface area contributed by atoms with Crippen LogP contribution < -0.4 is 5.32 Å². The van der Waals surface area contributed by atoms with Crippen molar-refractivity contribution in [3.05, 3.63) is 21.5 Å². The van der Waals surface area contributed by atoms with Gasteiger partial charge in [0.2, 0.25) is 5.69 Å². The lowest BCUT2D eigenvalue weighted by atomic mass is 9.95. The molecule has 104 valence electrons. The number of aromatic nitrogens is 2. The number of nitrogens with one attached hydrogen (secondary N) is 1. The van der Waals surface area contributed by atoms with Gasteiger partial charge < -0.3 is 5.32 Å². The van der Waals surface area contributed by atoms with Crippen molar-refractivity contribution in [2.45, 2.75) is 45.1 Å². The number of carbonyl (C=O) groups is 1. The molecule has 1 aliphatic rings. The molecule has 1 saturated carbocycles. The lowest BCUT2D eigenvalue weighted by molar-refractivity contribution is -0.385. The number of amides is 1. The van der Waals surface area contributed by atoms with Gasteiger partial charge in [-0.1, -0.05) is 19.3 Å². The first kappa shape index (κ1) is 13.5.